The van der Waals surface area contributed by atoms with Crippen molar-refractivity contribution in [1.29, 1.82) is 0 Å². The van der Waals surface area contributed by atoms with Crippen molar-refractivity contribution < 1.29 is 9.18 Å². The highest BCUT2D eigenvalue weighted by molar-refractivity contribution is 5.93. The van der Waals surface area contributed by atoms with E-state index < -0.39 is 5.91 Å². The second kappa shape index (κ2) is 6.23. The average molecular weight is 308 g/mol. The molecule has 0 fully saturated rings. The summed E-state index contributed by atoms with van der Waals surface area (Å²) in [5.41, 5.74) is 7.70. The molecule has 6 heteroatoms. The van der Waals surface area contributed by atoms with E-state index in [9.17, 15) is 9.18 Å². The highest BCUT2D eigenvalue weighted by Gasteiger charge is 2.04. The number of carbonyl (C=O) groups excluding carboxylic acids is 1. The number of primary amides is 1. The first-order valence-electron chi connectivity index (χ1n) is 6.87. The van der Waals surface area contributed by atoms with E-state index >= 15 is 0 Å². The summed E-state index contributed by atoms with van der Waals surface area (Å²) in [5, 5.41) is 2.99. The highest BCUT2D eigenvalue weighted by atomic mass is 19.1. The lowest BCUT2D eigenvalue weighted by Crippen LogP contribution is -2.11. The smallest absolute Gasteiger partial charge is 0.248 e. The van der Waals surface area contributed by atoms with Crippen molar-refractivity contribution in [3.8, 4) is 11.1 Å². The van der Waals surface area contributed by atoms with Crippen LogP contribution in [0.4, 0.5) is 16.0 Å². The molecule has 114 valence electrons. The van der Waals surface area contributed by atoms with E-state index in [0.717, 1.165) is 0 Å². The minimum Gasteiger partial charge on any atom is -0.366 e. The Balaban J connectivity index is 1.80. The molecule has 0 unspecified atom stereocenters. The van der Waals surface area contributed by atoms with Crippen molar-refractivity contribution >= 4 is 17.5 Å². The zero-order valence-electron chi connectivity index (χ0n) is 12.0. The lowest BCUT2D eigenvalue weighted by Gasteiger charge is -2.07. The van der Waals surface area contributed by atoms with Gasteiger partial charge < -0.3 is 11.1 Å². The molecule has 0 radical (unpaired) electrons. The van der Waals surface area contributed by atoms with E-state index in [-0.39, 0.29) is 5.82 Å². The summed E-state index contributed by atoms with van der Waals surface area (Å²) in [6.45, 7) is 0. The third kappa shape index (κ3) is 3.49. The Kier molecular flexibility index (Phi) is 3.97. The van der Waals surface area contributed by atoms with Crippen LogP contribution in [0.5, 0.6) is 0 Å². The number of anilines is 2. The van der Waals surface area contributed by atoms with Gasteiger partial charge in [-0.15, -0.1) is 0 Å². The topological polar surface area (TPSA) is 80.9 Å². The lowest BCUT2D eigenvalue weighted by molar-refractivity contribution is 0.100. The Morgan fingerprint density at radius 2 is 1.74 bits per heavy atom. The zero-order chi connectivity index (χ0) is 16.2. The summed E-state index contributed by atoms with van der Waals surface area (Å²) in [6, 6.07) is 12.9. The SMILES string of the molecule is NC(=O)c1cccc(Nc2ncc(-c3cccc(F)c3)cn2)c1. The fraction of sp³-hybridized carbons (Fsp3) is 0. The molecule has 3 rings (SSSR count). The van der Waals surface area contributed by atoms with Crippen LogP contribution < -0.4 is 11.1 Å². The van der Waals surface area contributed by atoms with Gasteiger partial charge in [-0.05, 0) is 35.9 Å². The normalized spacial score (nSPS) is 10.3. The number of rotatable bonds is 4. The Morgan fingerprint density at radius 1 is 1.00 bits per heavy atom. The van der Waals surface area contributed by atoms with Crippen LogP contribution in [0, 0.1) is 5.82 Å². The van der Waals surface area contributed by atoms with E-state index in [2.05, 4.69) is 15.3 Å². The summed E-state index contributed by atoms with van der Waals surface area (Å²) in [7, 11) is 0. The Bertz CT molecular complexity index is 849. The van der Waals surface area contributed by atoms with Gasteiger partial charge >= 0.3 is 0 Å². The van der Waals surface area contributed by atoms with E-state index in [1.54, 1.807) is 48.8 Å². The first-order chi connectivity index (χ1) is 11.1. The summed E-state index contributed by atoms with van der Waals surface area (Å²) in [6.07, 6.45) is 3.20. The maximum atomic E-state index is 13.2. The molecule has 0 saturated carbocycles. The number of halogens is 1. The lowest BCUT2D eigenvalue weighted by atomic mass is 10.1. The average Bonchev–Trinajstić information content (AvgIpc) is 2.56. The number of carbonyl (C=O) groups is 1. The van der Waals surface area contributed by atoms with E-state index in [4.69, 9.17) is 5.73 Å². The molecular formula is C17H13FN4O. The molecule has 1 heterocycles. The molecule has 1 aromatic heterocycles. The second-order valence-corrected chi connectivity index (χ2v) is 4.88. The molecule has 0 aliphatic carbocycles. The number of benzene rings is 2. The quantitative estimate of drug-likeness (QED) is 0.776. The van der Waals surface area contributed by atoms with Crippen LogP contribution in [-0.4, -0.2) is 15.9 Å². The van der Waals surface area contributed by atoms with Crippen LogP contribution >= 0.6 is 0 Å². The van der Waals surface area contributed by atoms with E-state index in [1.165, 1.54) is 12.1 Å². The van der Waals surface area contributed by atoms with Crippen LogP contribution in [0.2, 0.25) is 0 Å². The summed E-state index contributed by atoms with van der Waals surface area (Å²) < 4.78 is 13.2. The van der Waals surface area contributed by atoms with Crippen LogP contribution in [-0.2, 0) is 0 Å². The summed E-state index contributed by atoms with van der Waals surface area (Å²) in [5.74, 6) is -0.448. The van der Waals surface area contributed by atoms with Crippen LogP contribution in [0.3, 0.4) is 0 Å². The molecule has 2 aromatic carbocycles. The van der Waals surface area contributed by atoms with Crippen molar-refractivity contribution in [2.24, 2.45) is 5.73 Å². The zero-order valence-corrected chi connectivity index (χ0v) is 12.0. The molecule has 3 aromatic rings. The van der Waals surface area contributed by atoms with Gasteiger partial charge in [-0.1, -0.05) is 18.2 Å². The van der Waals surface area contributed by atoms with Gasteiger partial charge in [-0.2, -0.15) is 0 Å². The fourth-order valence-electron chi connectivity index (χ4n) is 2.09. The first-order valence-corrected chi connectivity index (χ1v) is 6.87. The van der Waals surface area contributed by atoms with Gasteiger partial charge in [0.1, 0.15) is 5.82 Å². The second-order valence-electron chi connectivity index (χ2n) is 4.88. The maximum absolute atomic E-state index is 13.2. The minimum atomic E-state index is -0.504. The van der Waals surface area contributed by atoms with E-state index in [1.807, 2.05) is 0 Å². The molecular weight excluding hydrogens is 295 g/mol. The number of aromatic nitrogens is 2. The van der Waals surface area contributed by atoms with Gasteiger partial charge in [0.25, 0.3) is 0 Å². The predicted octanol–water partition coefficient (Wildman–Crippen LogP) is 3.13. The monoisotopic (exact) mass is 308 g/mol. The predicted molar refractivity (Wildman–Crippen MR) is 85.7 cm³/mol. The molecule has 0 bridgehead atoms. The van der Waals surface area contributed by atoms with Crippen molar-refractivity contribution in [3.63, 3.8) is 0 Å². The Hall–Kier alpha value is -3.28. The van der Waals surface area contributed by atoms with Gasteiger partial charge in [-0.3, -0.25) is 4.79 Å². The fourth-order valence-corrected chi connectivity index (χ4v) is 2.09. The number of amides is 1. The Morgan fingerprint density at radius 3 is 2.43 bits per heavy atom. The summed E-state index contributed by atoms with van der Waals surface area (Å²) >= 11 is 0. The molecule has 1 amide bonds. The number of hydrogen-bond donors (Lipinski definition) is 2. The van der Waals surface area contributed by atoms with Gasteiger partial charge in [0.05, 0.1) is 0 Å². The third-order valence-electron chi connectivity index (χ3n) is 3.21. The number of hydrogen-bond acceptors (Lipinski definition) is 4. The van der Waals surface area contributed by atoms with Gasteiger partial charge in [0, 0.05) is 29.2 Å². The van der Waals surface area contributed by atoms with E-state index in [0.29, 0.717) is 28.3 Å². The maximum Gasteiger partial charge on any atom is 0.248 e. The Labute approximate surface area is 132 Å². The standard InChI is InChI=1S/C17H13FN4O/c18-14-5-1-3-11(7-14)13-9-20-17(21-10-13)22-15-6-2-4-12(8-15)16(19)23/h1-10H,(H2,19,23)(H,20,21,22). The van der Waals surface area contributed by atoms with Crippen molar-refractivity contribution in [2.45, 2.75) is 0 Å². The molecule has 0 aliphatic heterocycles. The third-order valence-corrected chi connectivity index (χ3v) is 3.21. The van der Waals surface area contributed by atoms with Gasteiger partial charge in [-0.25, -0.2) is 14.4 Å². The molecule has 0 spiro atoms. The van der Waals surface area contributed by atoms with Crippen LogP contribution in [0.1, 0.15) is 10.4 Å². The molecule has 5 nitrogen and oxygen atoms in total. The molecule has 0 aliphatic rings. The first kappa shape index (κ1) is 14.6. The highest BCUT2D eigenvalue weighted by Crippen LogP contribution is 2.20. The van der Waals surface area contributed by atoms with Crippen molar-refractivity contribution in [1.82, 2.24) is 9.97 Å². The molecule has 3 N–H and O–H groups in total. The number of nitrogens with two attached hydrogens (primary N) is 1. The number of nitrogens with one attached hydrogen (secondary N) is 1. The van der Waals surface area contributed by atoms with Crippen molar-refractivity contribution in [3.05, 3.63) is 72.3 Å². The van der Waals surface area contributed by atoms with Crippen LogP contribution in [0.25, 0.3) is 11.1 Å². The van der Waals surface area contributed by atoms with Gasteiger partial charge in [0.15, 0.2) is 0 Å². The van der Waals surface area contributed by atoms with Crippen LogP contribution in [0.15, 0.2) is 60.9 Å². The molecule has 23 heavy (non-hydrogen) atoms. The largest absolute Gasteiger partial charge is 0.366 e. The number of nitrogens with zero attached hydrogens (tertiary/aromatic N) is 2. The summed E-state index contributed by atoms with van der Waals surface area (Å²) in [4.78, 5) is 19.6. The van der Waals surface area contributed by atoms with Crippen molar-refractivity contribution in [2.75, 3.05) is 5.32 Å². The van der Waals surface area contributed by atoms with Gasteiger partial charge in [0.2, 0.25) is 11.9 Å². The minimum absolute atomic E-state index is 0.312. The molecule has 0 saturated heterocycles. The molecule has 0 atom stereocenters.